The molecule has 0 saturated heterocycles. The highest BCUT2D eigenvalue weighted by atomic mass is 32.2. The fourth-order valence-electron chi connectivity index (χ4n) is 4.27. The number of anilines is 1. The summed E-state index contributed by atoms with van der Waals surface area (Å²) in [6.45, 7) is 4.05. The molecular weight excluding hydrogens is 517 g/mol. The van der Waals surface area contributed by atoms with Gasteiger partial charge < -0.3 is 26.6 Å². The van der Waals surface area contributed by atoms with Crippen molar-refractivity contribution in [1.82, 2.24) is 15.5 Å². The molecule has 204 valence electrons. The third-order valence-electron chi connectivity index (χ3n) is 6.12. The Balaban J connectivity index is 1.57. The number of hydrogen-bond donors (Lipinski definition) is 4. The monoisotopic (exact) mass is 549 g/mol. The fourth-order valence-corrected chi connectivity index (χ4v) is 5.43. The number of amides is 4. The summed E-state index contributed by atoms with van der Waals surface area (Å²) < 4.78 is 14.0. The maximum atomic E-state index is 14.0. The topological polar surface area (TPSA) is 117 Å². The lowest BCUT2D eigenvalue weighted by molar-refractivity contribution is -0.135. The van der Waals surface area contributed by atoms with E-state index in [1.54, 1.807) is 31.9 Å². The average Bonchev–Trinajstić information content (AvgIpc) is 3.00. The number of thioether (sulfide) groups is 1. The second kappa shape index (κ2) is 11.9. The van der Waals surface area contributed by atoms with Crippen molar-refractivity contribution in [2.75, 3.05) is 12.4 Å². The Bertz CT molecular complexity index is 1370. The van der Waals surface area contributed by atoms with Crippen LogP contribution < -0.4 is 21.7 Å². The van der Waals surface area contributed by atoms with Gasteiger partial charge in [0.05, 0.1) is 5.69 Å². The van der Waals surface area contributed by atoms with E-state index >= 15 is 0 Å². The molecule has 1 aliphatic heterocycles. The molecule has 0 unspecified atom stereocenters. The van der Waals surface area contributed by atoms with E-state index < -0.39 is 16.7 Å². The number of para-hydroxylation sites is 1. The minimum atomic E-state index is -0.912. The van der Waals surface area contributed by atoms with Crippen LogP contribution in [0, 0.1) is 5.82 Å². The molecule has 0 radical (unpaired) electrons. The smallest absolute Gasteiger partial charge is 0.318 e. The van der Waals surface area contributed by atoms with E-state index in [2.05, 4.69) is 16.0 Å². The Morgan fingerprint density at radius 1 is 1.10 bits per heavy atom. The molecule has 1 heterocycles. The van der Waals surface area contributed by atoms with Gasteiger partial charge >= 0.3 is 6.03 Å². The first kappa shape index (κ1) is 28.1. The molecule has 5 N–H and O–H groups in total. The Labute approximate surface area is 231 Å². The molecule has 3 aromatic carbocycles. The SMILES string of the molecule is CNC(=O)Nc1ccccc1-c1ccc(CN2Cc3ccc(F)cc3S[C@@H](NC(=O)CC(C)(C)N)C2=O)cc1. The van der Waals surface area contributed by atoms with Gasteiger partial charge in [-0.15, -0.1) is 0 Å². The Morgan fingerprint density at radius 3 is 2.51 bits per heavy atom. The van der Waals surface area contributed by atoms with E-state index in [-0.39, 0.29) is 30.8 Å². The van der Waals surface area contributed by atoms with Crippen LogP contribution >= 0.6 is 11.8 Å². The Morgan fingerprint density at radius 2 is 1.82 bits per heavy atom. The van der Waals surface area contributed by atoms with Gasteiger partial charge in [-0.2, -0.15) is 0 Å². The molecule has 0 fully saturated rings. The second-order valence-corrected chi connectivity index (χ2v) is 11.3. The van der Waals surface area contributed by atoms with Crippen molar-refractivity contribution in [3.05, 3.63) is 83.7 Å². The van der Waals surface area contributed by atoms with E-state index in [0.717, 1.165) is 34.0 Å². The van der Waals surface area contributed by atoms with Crippen LogP contribution in [0.15, 0.2) is 71.6 Å². The summed E-state index contributed by atoms with van der Waals surface area (Å²) in [5.41, 5.74) is 9.37. The molecule has 8 nitrogen and oxygen atoms in total. The van der Waals surface area contributed by atoms with Gasteiger partial charge in [-0.25, -0.2) is 9.18 Å². The normalized spacial score (nSPS) is 15.3. The molecule has 0 bridgehead atoms. The summed E-state index contributed by atoms with van der Waals surface area (Å²) in [6.07, 6.45) is 0.0467. The molecule has 0 spiro atoms. The highest BCUT2D eigenvalue weighted by Gasteiger charge is 2.32. The average molecular weight is 550 g/mol. The fraction of sp³-hybridized carbons (Fsp3) is 0.276. The highest BCUT2D eigenvalue weighted by Crippen LogP contribution is 2.34. The van der Waals surface area contributed by atoms with Crippen LogP contribution in [-0.4, -0.2) is 40.7 Å². The van der Waals surface area contributed by atoms with Crippen molar-refractivity contribution in [3.8, 4) is 11.1 Å². The molecule has 3 aromatic rings. The second-order valence-electron chi connectivity index (χ2n) is 10.1. The predicted octanol–water partition coefficient (Wildman–Crippen LogP) is 4.45. The lowest BCUT2D eigenvalue weighted by Crippen LogP contribution is -2.47. The van der Waals surface area contributed by atoms with E-state index in [1.165, 1.54) is 12.1 Å². The van der Waals surface area contributed by atoms with E-state index in [0.29, 0.717) is 17.1 Å². The van der Waals surface area contributed by atoms with Crippen LogP contribution in [0.4, 0.5) is 14.9 Å². The summed E-state index contributed by atoms with van der Waals surface area (Å²) >= 11 is 1.13. The zero-order valence-corrected chi connectivity index (χ0v) is 22.9. The first-order chi connectivity index (χ1) is 18.5. The van der Waals surface area contributed by atoms with Crippen LogP contribution in [0.2, 0.25) is 0 Å². The van der Waals surface area contributed by atoms with Crippen LogP contribution in [0.5, 0.6) is 0 Å². The minimum Gasteiger partial charge on any atom is -0.341 e. The molecule has 10 heteroatoms. The Kier molecular flexibility index (Phi) is 8.57. The van der Waals surface area contributed by atoms with Gasteiger partial charge in [0.15, 0.2) is 5.37 Å². The number of benzene rings is 3. The van der Waals surface area contributed by atoms with Crippen molar-refractivity contribution in [1.29, 1.82) is 0 Å². The van der Waals surface area contributed by atoms with Crippen LogP contribution in [0.25, 0.3) is 11.1 Å². The first-order valence-corrected chi connectivity index (χ1v) is 13.4. The molecule has 0 saturated carbocycles. The van der Waals surface area contributed by atoms with Gasteiger partial charge in [0.2, 0.25) is 5.91 Å². The largest absolute Gasteiger partial charge is 0.341 e. The standard InChI is InChI=1S/C29H32FN5O3S/c1-29(2,31)15-25(36)34-26-27(37)35(17-20-12-13-21(30)14-24(20)39-26)16-18-8-10-19(11-9-18)22-6-4-5-7-23(22)33-28(38)32-3/h4-14,26H,15-17,31H2,1-3H3,(H,34,36)(H2,32,33,38)/t26-/m1/s1. The third kappa shape index (κ3) is 7.36. The number of nitrogens with one attached hydrogen (secondary N) is 3. The molecule has 1 atom stereocenters. The number of rotatable bonds is 7. The van der Waals surface area contributed by atoms with Gasteiger partial charge in [0.1, 0.15) is 5.82 Å². The van der Waals surface area contributed by atoms with Crippen molar-refractivity contribution >= 4 is 35.3 Å². The van der Waals surface area contributed by atoms with Gasteiger partial charge in [0.25, 0.3) is 5.91 Å². The molecule has 4 rings (SSSR count). The summed E-state index contributed by atoms with van der Waals surface area (Å²) in [4.78, 5) is 40.3. The van der Waals surface area contributed by atoms with Gasteiger partial charge in [-0.05, 0) is 48.7 Å². The van der Waals surface area contributed by atoms with Crippen molar-refractivity contribution in [2.45, 2.75) is 49.2 Å². The lowest BCUT2D eigenvalue weighted by Gasteiger charge is -2.26. The third-order valence-corrected chi connectivity index (χ3v) is 7.31. The number of carbonyl (C=O) groups is 3. The zero-order chi connectivity index (χ0) is 28.2. The molecule has 4 amide bonds. The van der Waals surface area contributed by atoms with E-state index in [4.69, 9.17) is 5.73 Å². The predicted molar refractivity (Wildman–Crippen MR) is 151 cm³/mol. The number of halogens is 1. The molecule has 1 aliphatic rings. The van der Waals surface area contributed by atoms with Crippen molar-refractivity contribution in [3.63, 3.8) is 0 Å². The number of nitrogens with zero attached hydrogens (tertiary/aromatic N) is 1. The van der Waals surface area contributed by atoms with Gasteiger partial charge in [-0.3, -0.25) is 9.59 Å². The highest BCUT2D eigenvalue weighted by molar-refractivity contribution is 8.00. The zero-order valence-electron chi connectivity index (χ0n) is 22.1. The number of urea groups is 1. The number of fused-ring (bicyclic) bond motifs is 1. The summed E-state index contributed by atoms with van der Waals surface area (Å²) in [7, 11) is 1.55. The first-order valence-electron chi connectivity index (χ1n) is 12.5. The summed E-state index contributed by atoms with van der Waals surface area (Å²) in [5.74, 6) is -1.03. The van der Waals surface area contributed by atoms with Crippen molar-refractivity contribution < 1.29 is 18.8 Å². The maximum Gasteiger partial charge on any atom is 0.318 e. The molecule has 0 aliphatic carbocycles. The Hall–Kier alpha value is -3.89. The number of nitrogens with two attached hydrogens (primary N) is 1. The van der Waals surface area contributed by atoms with Gasteiger partial charge in [0, 0.05) is 42.6 Å². The van der Waals surface area contributed by atoms with Crippen LogP contribution in [-0.2, 0) is 22.7 Å². The number of hydrogen-bond acceptors (Lipinski definition) is 5. The van der Waals surface area contributed by atoms with E-state index in [1.807, 2.05) is 48.5 Å². The van der Waals surface area contributed by atoms with Crippen molar-refractivity contribution in [2.24, 2.45) is 5.73 Å². The number of carbonyl (C=O) groups excluding carboxylic acids is 3. The molecular formula is C29H32FN5O3S. The lowest BCUT2D eigenvalue weighted by atomic mass is 10.0. The minimum absolute atomic E-state index is 0.0467. The van der Waals surface area contributed by atoms with Crippen LogP contribution in [0.3, 0.4) is 0 Å². The van der Waals surface area contributed by atoms with Crippen LogP contribution in [0.1, 0.15) is 31.4 Å². The summed E-state index contributed by atoms with van der Waals surface area (Å²) in [6, 6.07) is 19.3. The quantitative estimate of drug-likeness (QED) is 0.348. The van der Waals surface area contributed by atoms with Gasteiger partial charge in [-0.1, -0.05) is 60.3 Å². The molecule has 39 heavy (non-hydrogen) atoms. The maximum absolute atomic E-state index is 14.0. The molecule has 0 aromatic heterocycles. The van der Waals surface area contributed by atoms with E-state index in [9.17, 15) is 18.8 Å². The summed E-state index contributed by atoms with van der Waals surface area (Å²) in [5, 5.41) is 7.25.